The maximum Gasteiger partial charge on any atom is 0.299 e. The summed E-state index contributed by atoms with van der Waals surface area (Å²) in [5.74, 6) is 0.631. The van der Waals surface area contributed by atoms with Gasteiger partial charge in [0.15, 0.2) is 0 Å². The van der Waals surface area contributed by atoms with Crippen molar-refractivity contribution < 1.29 is 9.48 Å². The van der Waals surface area contributed by atoms with Gasteiger partial charge in [-0.25, -0.2) is 0 Å². The molecule has 2 aliphatic rings. The fourth-order valence-corrected chi connectivity index (χ4v) is 3.74. The number of amidine groups is 1. The summed E-state index contributed by atoms with van der Waals surface area (Å²) >= 11 is 0. The molecular weight excluding hydrogens is 338 g/mol. The van der Waals surface area contributed by atoms with Crippen molar-refractivity contribution in [3.8, 4) is 0 Å². The molecule has 6 heteroatoms. The largest absolute Gasteiger partial charge is 0.369 e. The zero-order chi connectivity index (χ0) is 18.6. The summed E-state index contributed by atoms with van der Waals surface area (Å²) in [5, 5.41) is 0. The normalized spacial score (nSPS) is 17.1. The summed E-state index contributed by atoms with van der Waals surface area (Å²) in [6.07, 6.45) is 0.478. The molecule has 140 valence electrons. The number of nitrogens with one attached hydrogen (secondary N) is 1. The molecule has 1 saturated heterocycles. The van der Waals surface area contributed by atoms with Gasteiger partial charge in [-0.3, -0.25) is 15.4 Å². The first-order chi connectivity index (χ1) is 13.2. The summed E-state index contributed by atoms with van der Waals surface area (Å²) in [6.45, 7) is 5.34. The van der Waals surface area contributed by atoms with Crippen LogP contribution < -0.4 is 16.1 Å². The molecule has 2 aromatic rings. The Morgan fingerprint density at radius 2 is 1.70 bits per heavy atom. The number of nitrogens with two attached hydrogens (primary N) is 1. The Labute approximate surface area is 159 Å². The molecule has 0 atom stereocenters. The Morgan fingerprint density at radius 3 is 2.44 bits per heavy atom. The van der Waals surface area contributed by atoms with Crippen LogP contribution in [-0.4, -0.2) is 54.1 Å². The molecule has 0 unspecified atom stereocenters. The minimum Gasteiger partial charge on any atom is -0.369 e. The van der Waals surface area contributed by atoms with Crippen LogP contribution in [0.4, 0.5) is 5.69 Å². The van der Waals surface area contributed by atoms with Crippen LogP contribution in [0.5, 0.6) is 0 Å². The first-order valence-electron chi connectivity index (χ1n) is 9.51. The number of nitrogens with zero attached hydrogens (tertiary/aromatic N) is 3. The Hall–Kier alpha value is -2.86. The van der Waals surface area contributed by atoms with Crippen molar-refractivity contribution in [1.29, 1.82) is 0 Å². The van der Waals surface area contributed by atoms with Crippen molar-refractivity contribution in [3.05, 3.63) is 65.7 Å². The van der Waals surface area contributed by atoms with Gasteiger partial charge in [-0.2, -0.15) is 10.1 Å². The lowest BCUT2D eigenvalue weighted by Crippen LogP contribution is -2.47. The predicted molar refractivity (Wildman–Crippen MR) is 107 cm³/mol. The van der Waals surface area contributed by atoms with Crippen molar-refractivity contribution >= 4 is 17.4 Å². The van der Waals surface area contributed by atoms with Gasteiger partial charge in [-0.05, 0) is 18.2 Å². The van der Waals surface area contributed by atoms with Gasteiger partial charge in [0.25, 0.3) is 11.7 Å². The summed E-state index contributed by atoms with van der Waals surface area (Å²) < 4.78 is 1.75. The van der Waals surface area contributed by atoms with Gasteiger partial charge in [0.1, 0.15) is 6.54 Å². The van der Waals surface area contributed by atoms with Crippen LogP contribution in [0.3, 0.4) is 0 Å². The van der Waals surface area contributed by atoms with E-state index >= 15 is 0 Å². The molecule has 4 rings (SSSR count). The zero-order valence-corrected chi connectivity index (χ0v) is 15.5. The van der Waals surface area contributed by atoms with E-state index in [1.54, 1.807) is 4.68 Å². The monoisotopic (exact) mass is 364 g/mol. The number of hydrazine groups is 1. The van der Waals surface area contributed by atoms with Gasteiger partial charge in [0.2, 0.25) is 0 Å². The molecular formula is C21H26N5O+. The highest BCUT2D eigenvalue weighted by atomic mass is 16.2. The highest BCUT2D eigenvalue weighted by molar-refractivity contribution is 5.96. The lowest BCUT2D eigenvalue weighted by Gasteiger charge is -2.36. The SMILES string of the molecule is NC1=[N+](NC(=O)CCN2CCN(c3ccccc3)CC2)Cc2ccccc21. The van der Waals surface area contributed by atoms with Gasteiger partial charge in [-0.15, -0.1) is 0 Å². The van der Waals surface area contributed by atoms with Crippen molar-refractivity contribution in [2.75, 3.05) is 37.6 Å². The van der Waals surface area contributed by atoms with Gasteiger partial charge in [-0.1, -0.05) is 36.4 Å². The number of piperazine rings is 1. The third kappa shape index (κ3) is 3.95. The quantitative estimate of drug-likeness (QED) is 0.782. The molecule has 27 heavy (non-hydrogen) atoms. The number of para-hydroxylation sites is 1. The first-order valence-corrected chi connectivity index (χ1v) is 9.51. The third-order valence-electron chi connectivity index (χ3n) is 5.32. The number of fused-ring (bicyclic) bond motifs is 1. The average Bonchev–Trinajstić information content (AvgIpc) is 3.03. The molecule has 0 aliphatic carbocycles. The molecule has 2 aromatic carbocycles. The maximum atomic E-state index is 12.4. The molecule has 2 heterocycles. The van der Waals surface area contributed by atoms with E-state index in [0.717, 1.165) is 43.9 Å². The van der Waals surface area contributed by atoms with Gasteiger partial charge in [0.05, 0.1) is 5.56 Å². The second-order valence-electron chi connectivity index (χ2n) is 7.08. The second-order valence-corrected chi connectivity index (χ2v) is 7.08. The number of hydrazone groups is 1. The smallest absolute Gasteiger partial charge is 0.299 e. The number of carbonyl (C=O) groups excluding carboxylic acids is 1. The lowest BCUT2D eigenvalue weighted by atomic mass is 10.1. The molecule has 1 amide bonds. The molecule has 0 saturated carbocycles. The molecule has 2 aliphatic heterocycles. The van der Waals surface area contributed by atoms with Crippen LogP contribution in [-0.2, 0) is 11.3 Å². The summed E-state index contributed by atoms with van der Waals surface area (Å²) in [6, 6.07) is 18.5. The molecule has 0 bridgehead atoms. The number of rotatable bonds is 5. The number of hydrogen-bond acceptors (Lipinski definition) is 4. The molecule has 0 spiro atoms. The Balaban J connectivity index is 1.23. The molecule has 3 N–H and O–H groups in total. The van der Waals surface area contributed by atoms with Gasteiger partial charge in [0, 0.05) is 50.4 Å². The third-order valence-corrected chi connectivity index (χ3v) is 5.32. The van der Waals surface area contributed by atoms with E-state index in [-0.39, 0.29) is 5.91 Å². The molecule has 0 aromatic heterocycles. The average molecular weight is 364 g/mol. The Kier molecular flexibility index (Phi) is 5.07. The van der Waals surface area contributed by atoms with E-state index in [1.165, 1.54) is 5.69 Å². The Bertz CT molecular complexity index is 841. The van der Waals surface area contributed by atoms with Crippen LogP contribution in [0.1, 0.15) is 17.5 Å². The number of benzene rings is 2. The van der Waals surface area contributed by atoms with Crippen LogP contribution in [0, 0.1) is 0 Å². The van der Waals surface area contributed by atoms with E-state index in [4.69, 9.17) is 5.73 Å². The summed E-state index contributed by atoms with van der Waals surface area (Å²) in [5.41, 5.74) is 12.5. The zero-order valence-electron chi connectivity index (χ0n) is 15.5. The van der Waals surface area contributed by atoms with E-state index in [0.29, 0.717) is 18.8 Å². The Morgan fingerprint density at radius 1 is 1.00 bits per heavy atom. The van der Waals surface area contributed by atoms with E-state index in [9.17, 15) is 4.79 Å². The van der Waals surface area contributed by atoms with E-state index in [2.05, 4.69) is 39.5 Å². The van der Waals surface area contributed by atoms with Crippen LogP contribution in [0.2, 0.25) is 0 Å². The standard InChI is InChI=1S/C21H25N5O/c22-21-19-9-5-4-6-17(19)16-26(21)23-20(27)10-11-24-12-14-25(15-13-24)18-7-2-1-3-8-18/h1-9,22H,10-16H2,(H,23,27)/p+1. The van der Waals surface area contributed by atoms with Gasteiger partial charge >= 0.3 is 0 Å². The summed E-state index contributed by atoms with van der Waals surface area (Å²) in [4.78, 5) is 17.1. The number of amides is 1. The summed E-state index contributed by atoms with van der Waals surface area (Å²) in [7, 11) is 0. The van der Waals surface area contributed by atoms with Crippen LogP contribution in [0.15, 0.2) is 54.6 Å². The van der Waals surface area contributed by atoms with Crippen LogP contribution in [0.25, 0.3) is 0 Å². The predicted octanol–water partition coefficient (Wildman–Crippen LogP) is 1.16. The number of anilines is 1. The minimum atomic E-state index is 0.0104. The number of carbonyl (C=O) groups is 1. The second kappa shape index (κ2) is 7.80. The molecule has 0 radical (unpaired) electrons. The maximum absolute atomic E-state index is 12.4. The van der Waals surface area contributed by atoms with Crippen molar-refractivity contribution in [2.24, 2.45) is 5.73 Å². The fourth-order valence-electron chi connectivity index (χ4n) is 3.74. The number of hydrogen-bond donors (Lipinski definition) is 2. The highest BCUT2D eigenvalue weighted by Gasteiger charge is 2.26. The van der Waals surface area contributed by atoms with E-state index < -0.39 is 0 Å². The molecule has 6 nitrogen and oxygen atoms in total. The van der Waals surface area contributed by atoms with Gasteiger partial charge < -0.3 is 4.90 Å². The fraction of sp³-hybridized carbons (Fsp3) is 0.333. The minimum absolute atomic E-state index is 0.0104. The molecule has 1 fully saturated rings. The topological polar surface area (TPSA) is 64.6 Å². The first kappa shape index (κ1) is 17.5. The highest BCUT2D eigenvalue weighted by Crippen LogP contribution is 2.16. The van der Waals surface area contributed by atoms with Crippen molar-refractivity contribution in [2.45, 2.75) is 13.0 Å². The lowest BCUT2D eigenvalue weighted by molar-refractivity contribution is -0.586. The van der Waals surface area contributed by atoms with E-state index in [1.807, 2.05) is 30.3 Å². The van der Waals surface area contributed by atoms with Crippen LogP contribution >= 0.6 is 0 Å². The van der Waals surface area contributed by atoms with Crippen molar-refractivity contribution in [3.63, 3.8) is 0 Å². The van der Waals surface area contributed by atoms with Crippen molar-refractivity contribution in [1.82, 2.24) is 10.3 Å².